The fraction of sp³-hybridized carbons (Fsp3) is 0.357. The van der Waals surface area contributed by atoms with Gasteiger partial charge in [0.2, 0.25) is 5.82 Å². The molecular formula is C14H16N4O4S. The Labute approximate surface area is 134 Å². The molecule has 2 aromatic rings. The number of imidazole rings is 1. The van der Waals surface area contributed by atoms with Crippen LogP contribution in [-0.4, -0.2) is 47.8 Å². The van der Waals surface area contributed by atoms with Crippen molar-refractivity contribution in [2.24, 2.45) is 0 Å². The lowest BCUT2D eigenvalue weighted by molar-refractivity contribution is 0.0511. The van der Waals surface area contributed by atoms with Gasteiger partial charge in [-0.25, -0.2) is 18.2 Å². The number of hydrogen-bond acceptors (Lipinski definition) is 6. The van der Waals surface area contributed by atoms with Crippen molar-refractivity contribution in [3.8, 4) is 6.07 Å². The maximum Gasteiger partial charge on any atom is 0.374 e. The first-order valence-corrected chi connectivity index (χ1v) is 8.30. The van der Waals surface area contributed by atoms with Gasteiger partial charge in [-0.2, -0.15) is 9.57 Å². The Hall–Kier alpha value is -2.44. The average molecular weight is 336 g/mol. The number of hydrogen-bond donors (Lipinski definition) is 0. The van der Waals surface area contributed by atoms with E-state index in [-0.39, 0.29) is 23.0 Å². The number of sulfonamides is 1. The number of esters is 1. The summed E-state index contributed by atoms with van der Waals surface area (Å²) < 4.78 is 32.6. The molecule has 23 heavy (non-hydrogen) atoms. The Kier molecular flexibility index (Phi) is 4.68. The van der Waals surface area contributed by atoms with Crippen molar-refractivity contribution < 1.29 is 17.9 Å². The normalized spacial score (nSPS) is 13.0. The summed E-state index contributed by atoms with van der Waals surface area (Å²) in [5, 5.41) is 8.65. The summed E-state index contributed by atoms with van der Waals surface area (Å²) >= 11 is 0. The maximum absolute atomic E-state index is 12.7. The second-order valence-electron chi connectivity index (χ2n) is 4.74. The molecule has 0 spiro atoms. The van der Waals surface area contributed by atoms with Gasteiger partial charge in [0.1, 0.15) is 6.04 Å². The van der Waals surface area contributed by atoms with E-state index in [0.717, 1.165) is 4.31 Å². The zero-order chi connectivity index (χ0) is 17.2. The van der Waals surface area contributed by atoms with Gasteiger partial charge in [0.05, 0.1) is 18.2 Å². The van der Waals surface area contributed by atoms with Gasteiger partial charge in [-0.15, -0.1) is 0 Å². The molecule has 0 aliphatic carbocycles. The van der Waals surface area contributed by atoms with Crippen LogP contribution in [0.4, 0.5) is 0 Å². The van der Waals surface area contributed by atoms with Gasteiger partial charge in [-0.1, -0.05) is 6.07 Å². The fourth-order valence-electron chi connectivity index (χ4n) is 1.96. The highest BCUT2D eigenvalue weighted by atomic mass is 32.2. The van der Waals surface area contributed by atoms with Crippen molar-refractivity contribution in [1.29, 1.82) is 5.26 Å². The van der Waals surface area contributed by atoms with Gasteiger partial charge in [0.15, 0.2) is 5.03 Å². The SMILES string of the molecule is CCOC(=O)c1nc(S(=O)(=O)N(C)C(C)C#N)c2ccccn12. The van der Waals surface area contributed by atoms with Crippen LogP contribution in [0.2, 0.25) is 0 Å². The second-order valence-corrected chi connectivity index (χ2v) is 6.66. The smallest absolute Gasteiger partial charge is 0.374 e. The molecule has 0 saturated carbocycles. The van der Waals surface area contributed by atoms with E-state index in [9.17, 15) is 13.2 Å². The van der Waals surface area contributed by atoms with Crippen molar-refractivity contribution in [3.63, 3.8) is 0 Å². The van der Waals surface area contributed by atoms with E-state index >= 15 is 0 Å². The summed E-state index contributed by atoms with van der Waals surface area (Å²) in [5.41, 5.74) is 0.243. The maximum atomic E-state index is 12.7. The molecule has 122 valence electrons. The van der Waals surface area contributed by atoms with Crippen molar-refractivity contribution in [1.82, 2.24) is 13.7 Å². The van der Waals surface area contributed by atoms with Crippen LogP contribution < -0.4 is 0 Å². The van der Waals surface area contributed by atoms with Crippen molar-refractivity contribution >= 4 is 21.5 Å². The zero-order valence-electron chi connectivity index (χ0n) is 12.9. The molecule has 0 bridgehead atoms. The van der Waals surface area contributed by atoms with Crippen LogP contribution in [-0.2, 0) is 14.8 Å². The molecule has 0 amide bonds. The first-order valence-electron chi connectivity index (χ1n) is 6.86. The Bertz CT molecular complexity index is 882. The molecule has 0 aromatic carbocycles. The van der Waals surface area contributed by atoms with Gasteiger partial charge in [-0.3, -0.25) is 4.40 Å². The summed E-state index contributed by atoms with van der Waals surface area (Å²) in [7, 11) is -2.74. The summed E-state index contributed by atoms with van der Waals surface area (Å²) in [6, 6.07) is 5.81. The number of pyridine rings is 1. The van der Waals surface area contributed by atoms with Crippen LogP contribution in [0.1, 0.15) is 24.5 Å². The van der Waals surface area contributed by atoms with Crippen LogP contribution in [0.25, 0.3) is 5.52 Å². The van der Waals surface area contributed by atoms with Crippen LogP contribution in [0, 0.1) is 11.3 Å². The van der Waals surface area contributed by atoms with Crippen molar-refractivity contribution in [3.05, 3.63) is 30.2 Å². The van der Waals surface area contributed by atoms with E-state index in [1.807, 2.05) is 6.07 Å². The number of nitriles is 1. The standard InChI is InChI=1S/C14H16N4O4S/c1-4-22-14(19)12-16-13(11-7-5-6-8-18(11)12)23(20,21)17(3)10(2)9-15/h5-8,10H,4H2,1-3H3. The van der Waals surface area contributed by atoms with Gasteiger partial charge in [-0.05, 0) is 26.0 Å². The largest absolute Gasteiger partial charge is 0.460 e. The Morgan fingerprint density at radius 3 is 2.83 bits per heavy atom. The number of rotatable bonds is 5. The van der Waals surface area contributed by atoms with E-state index in [4.69, 9.17) is 10.00 Å². The average Bonchev–Trinajstić information content (AvgIpc) is 2.94. The number of nitrogens with zero attached hydrogens (tertiary/aromatic N) is 4. The minimum absolute atomic E-state index is 0.126. The summed E-state index contributed by atoms with van der Waals surface area (Å²) in [6.45, 7) is 3.25. The third-order valence-corrected chi connectivity index (χ3v) is 5.19. The molecule has 0 aliphatic rings. The van der Waals surface area contributed by atoms with E-state index < -0.39 is 22.0 Å². The van der Waals surface area contributed by atoms with Gasteiger partial charge in [0, 0.05) is 13.2 Å². The molecule has 0 N–H and O–H groups in total. The lowest BCUT2D eigenvalue weighted by Gasteiger charge is -2.17. The number of ether oxygens (including phenoxy) is 1. The molecule has 8 nitrogen and oxygen atoms in total. The highest BCUT2D eigenvalue weighted by Crippen LogP contribution is 2.22. The van der Waals surface area contributed by atoms with E-state index in [2.05, 4.69) is 4.98 Å². The predicted molar refractivity (Wildman–Crippen MR) is 81.2 cm³/mol. The highest BCUT2D eigenvalue weighted by Gasteiger charge is 2.32. The molecule has 0 aliphatic heterocycles. The Morgan fingerprint density at radius 1 is 1.52 bits per heavy atom. The van der Waals surface area contributed by atoms with Gasteiger partial charge >= 0.3 is 5.97 Å². The Morgan fingerprint density at radius 2 is 2.22 bits per heavy atom. The topological polar surface area (TPSA) is 105 Å². The number of fused-ring (bicyclic) bond motifs is 1. The Balaban J connectivity index is 2.67. The van der Waals surface area contributed by atoms with Gasteiger partial charge in [0.25, 0.3) is 10.0 Å². The second kappa shape index (κ2) is 6.36. The summed E-state index contributed by atoms with van der Waals surface area (Å²) in [6.07, 6.45) is 1.53. The summed E-state index contributed by atoms with van der Waals surface area (Å²) in [5.74, 6) is -0.842. The molecule has 2 heterocycles. The third kappa shape index (κ3) is 2.91. The van der Waals surface area contributed by atoms with Crippen molar-refractivity contribution in [2.45, 2.75) is 24.9 Å². The van der Waals surface area contributed by atoms with Crippen LogP contribution in [0.5, 0.6) is 0 Å². The minimum atomic E-state index is -4.03. The van der Waals surface area contributed by atoms with Crippen LogP contribution >= 0.6 is 0 Å². The molecule has 1 atom stereocenters. The molecule has 0 fully saturated rings. The number of carbonyl (C=O) groups excluding carboxylic acids is 1. The molecule has 9 heteroatoms. The van der Waals surface area contributed by atoms with Gasteiger partial charge < -0.3 is 4.74 Å². The first kappa shape index (κ1) is 16.9. The highest BCUT2D eigenvalue weighted by molar-refractivity contribution is 7.89. The molecule has 0 saturated heterocycles. The van der Waals surface area contributed by atoms with Crippen LogP contribution in [0.3, 0.4) is 0 Å². The lowest BCUT2D eigenvalue weighted by atomic mass is 10.4. The number of aromatic nitrogens is 2. The van der Waals surface area contributed by atoms with E-state index in [1.54, 1.807) is 19.1 Å². The quantitative estimate of drug-likeness (QED) is 0.756. The first-order chi connectivity index (χ1) is 10.8. The molecule has 2 aromatic heterocycles. The molecule has 2 rings (SSSR count). The van der Waals surface area contributed by atoms with Crippen molar-refractivity contribution in [2.75, 3.05) is 13.7 Å². The zero-order valence-corrected chi connectivity index (χ0v) is 13.7. The third-order valence-electron chi connectivity index (χ3n) is 3.33. The fourth-order valence-corrected chi connectivity index (χ4v) is 3.33. The van der Waals surface area contributed by atoms with E-state index in [0.29, 0.717) is 0 Å². The van der Waals surface area contributed by atoms with Crippen LogP contribution in [0.15, 0.2) is 29.4 Å². The molecular weight excluding hydrogens is 320 g/mol. The predicted octanol–water partition coefficient (Wildman–Crippen LogP) is 1.04. The lowest BCUT2D eigenvalue weighted by Crippen LogP contribution is -2.34. The van der Waals surface area contributed by atoms with E-state index in [1.165, 1.54) is 30.6 Å². The monoisotopic (exact) mass is 336 g/mol. The minimum Gasteiger partial charge on any atom is -0.460 e. The number of carbonyl (C=O) groups is 1. The summed E-state index contributed by atoms with van der Waals surface area (Å²) in [4.78, 5) is 16.0. The molecule has 0 radical (unpaired) electrons. The molecule has 1 unspecified atom stereocenters.